The fourth-order valence-electron chi connectivity index (χ4n) is 1.01. The number of hydrogen-bond acceptors (Lipinski definition) is 2. The first kappa shape index (κ1) is 13.6. The van der Waals surface area contributed by atoms with Crippen LogP contribution in [-0.2, 0) is 11.3 Å². The van der Waals surface area contributed by atoms with Crippen LogP contribution in [0.2, 0.25) is 0 Å². The summed E-state index contributed by atoms with van der Waals surface area (Å²) in [5.74, 6) is 0.876. The Morgan fingerprint density at radius 3 is 2.36 bits per heavy atom. The Balaban J connectivity index is 0.00000169. The van der Waals surface area contributed by atoms with E-state index < -0.39 is 0 Å². The van der Waals surface area contributed by atoms with Crippen molar-refractivity contribution in [1.82, 2.24) is 0 Å². The Bertz CT molecular complexity index is 234. The Morgan fingerprint density at radius 2 is 1.86 bits per heavy atom. The zero-order chi connectivity index (χ0) is 9.52. The quantitative estimate of drug-likeness (QED) is 0.348. The van der Waals surface area contributed by atoms with Gasteiger partial charge in [-0.2, -0.15) is 6.42 Å². The van der Waals surface area contributed by atoms with Crippen LogP contribution in [0.15, 0.2) is 24.3 Å². The van der Waals surface area contributed by atoms with E-state index in [1.54, 1.807) is 7.11 Å². The molecule has 3 heteroatoms. The van der Waals surface area contributed by atoms with E-state index in [0.29, 0.717) is 13.2 Å². The average molecular weight is 186 g/mol. The molecule has 0 aliphatic carbocycles. The smallest absolute Gasteiger partial charge is 0.497 e. The van der Waals surface area contributed by atoms with Gasteiger partial charge in [-0.25, -0.2) is 0 Å². The molecule has 0 aliphatic rings. The van der Waals surface area contributed by atoms with Gasteiger partial charge >= 0.3 is 18.9 Å². The van der Waals surface area contributed by atoms with Crippen LogP contribution in [0.4, 0.5) is 0 Å². The molecule has 1 rings (SSSR count). The Labute approximate surface area is 97.8 Å². The van der Waals surface area contributed by atoms with E-state index in [4.69, 9.17) is 9.47 Å². The average Bonchev–Trinajstić information content (AvgIpc) is 2.19. The summed E-state index contributed by atoms with van der Waals surface area (Å²) in [5.41, 5.74) is 1.16. The van der Waals surface area contributed by atoms with Gasteiger partial charge in [0, 0.05) is 6.61 Å². The molecule has 0 aliphatic heterocycles. The van der Waals surface area contributed by atoms with E-state index in [0.717, 1.165) is 17.7 Å². The van der Waals surface area contributed by atoms with Crippen molar-refractivity contribution in [2.45, 2.75) is 13.0 Å². The molecule has 0 unspecified atom stereocenters. The Hall–Kier alpha value is -0.423. The molecule has 0 heterocycles. The second kappa shape index (κ2) is 7.93. The summed E-state index contributed by atoms with van der Waals surface area (Å²) in [6, 6.07) is 7.87. The van der Waals surface area contributed by atoms with Crippen molar-refractivity contribution >= 4 is 0 Å². The van der Waals surface area contributed by atoms with Gasteiger partial charge in [-0.05, 0) is 17.7 Å². The first-order valence-corrected chi connectivity index (χ1v) is 4.36. The van der Waals surface area contributed by atoms with Crippen LogP contribution in [0.5, 0.6) is 5.75 Å². The van der Waals surface area contributed by atoms with E-state index in [1.807, 2.05) is 24.3 Å². The molecule has 0 saturated heterocycles. The van der Waals surface area contributed by atoms with Gasteiger partial charge in [0.05, 0.1) is 13.7 Å². The largest absolute Gasteiger partial charge is 1.00 e. The standard InChI is InChI=1S/C11H15O2.Li/c1-3-8-13-9-10-4-6-11(12-2)7-5-10;/h4-7H,1,3,8-9H2,2H3;/q-1;+1. The van der Waals surface area contributed by atoms with E-state index >= 15 is 0 Å². The zero-order valence-electron chi connectivity index (χ0n) is 8.95. The van der Waals surface area contributed by atoms with Crippen LogP contribution in [0.25, 0.3) is 0 Å². The summed E-state index contributed by atoms with van der Waals surface area (Å²) in [6.07, 6.45) is 0.816. The maximum Gasteiger partial charge on any atom is 1.00 e. The number of ether oxygens (including phenoxy) is 2. The third-order valence-corrected chi connectivity index (χ3v) is 1.72. The number of rotatable bonds is 5. The summed E-state index contributed by atoms with van der Waals surface area (Å²) in [6.45, 7) is 5.07. The Kier molecular flexibility index (Phi) is 7.69. The zero-order valence-corrected chi connectivity index (χ0v) is 8.95. The predicted octanol–water partition coefficient (Wildman–Crippen LogP) is -0.560. The van der Waals surface area contributed by atoms with E-state index in [1.165, 1.54) is 0 Å². The molecule has 0 atom stereocenters. The van der Waals surface area contributed by atoms with Crippen molar-refractivity contribution in [3.8, 4) is 5.75 Å². The van der Waals surface area contributed by atoms with E-state index in [9.17, 15) is 0 Å². The summed E-state index contributed by atoms with van der Waals surface area (Å²) in [5, 5.41) is 0. The number of methoxy groups -OCH3 is 1. The minimum Gasteiger partial charge on any atom is -0.497 e. The fourth-order valence-corrected chi connectivity index (χ4v) is 1.01. The molecule has 0 aromatic heterocycles. The molecule has 0 saturated carbocycles. The summed E-state index contributed by atoms with van der Waals surface area (Å²) in [7, 11) is 1.66. The second-order valence-corrected chi connectivity index (χ2v) is 2.75. The van der Waals surface area contributed by atoms with Crippen molar-refractivity contribution < 1.29 is 28.3 Å². The van der Waals surface area contributed by atoms with Gasteiger partial charge in [0.1, 0.15) is 5.75 Å². The summed E-state index contributed by atoms with van der Waals surface area (Å²) in [4.78, 5) is 0. The van der Waals surface area contributed by atoms with Gasteiger partial charge in [0.25, 0.3) is 0 Å². The fraction of sp³-hybridized carbons (Fsp3) is 0.364. The first-order valence-electron chi connectivity index (χ1n) is 4.36. The molecule has 1 aromatic rings. The van der Waals surface area contributed by atoms with Crippen molar-refractivity contribution in [3.63, 3.8) is 0 Å². The van der Waals surface area contributed by atoms with Crippen molar-refractivity contribution in [2.24, 2.45) is 0 Å². The van der Waals surface area contributed by atoms with Crippen molar-refractivity contribution in [3.05, 3.63) is 36.8 Å². The second-order valence-electron chi connectivity index (χ2n) is 2.75. The van der Waals surface area contributed by atoms with Gasteiger partial charge in [-0.15, -0.1) is 0 Å². The molecular formula is C11H15LiO2. The van der Waals surface area contributed by atoms with Crippen LogP contribution >= 0.6 is 0 Å². The number of hydrogen-bond donors (Lipinski definition) is 0. The molecule has 0 radical (unpaired) electrons. The van der Waals surface area contributed by atoms with Gasteiger partial charge in [-0.1, -0.05) is 12.1 Å². The topological polar surface area (TPSA) is 18.5 Å². The van der Waals surface area contributed by atoms with Crippen LogP contribution in [0, 0.1) is 6.92 Å². The van der Waals surface area contributed by atoms with Crippen LogP contribution in [0.3, 0.4) is 0 Å². The molecule has 0 spiro atoms. The summed E-state index contributed by atoms with van der Waals surface area (Å²) < 4.78 is 10.4. The van der Waals surface area contributed by atoms with Gasteiger partial charge in [0.15, 0.2) is 0 Å². The SMILES string of the molecule is [CH2-]CCOCc1ccc(OC)cc1.[Li+]. The molecule has 0 fully saturated rings. The van der Waals surface area contributed by atoms with Gasteiger partial charge in [-0.3, -0.25) is 0 Å². The minimum absolute atomic E-state index is 0. The molecule has 1 aromatic carbocycles. The van der Waals surface area contributed by atoms with Gasteiger partial charge < -0.3 is 16.4 Å². The van der Waals surface area contributed by atoms with Crippen LogP contribution in [-0.4, -0.2) is 13.7 Å². The van der Waals surface area contributed by atoms with Crippen molar-refractivity contribution in [1.29, 1.82) is 0 Å². The molecule has 0 amide bonds. The van der Waals surface area contributed by atoms with Crippen LogP contribution < -0.4 is 23.6 Å². The molecular weight excluding hydrogens is 171 g/mol. The number of benzene rings is 1. The molecule has 72 valence electrons. The minimum atomic E-state index is 0. The molecule has 2 nitrogen and oxygen atoms in total. The van der Waals surface area contributed by atoms with Gasteiger partial charge in [0.2, 0.25) is 0 Å². The maximum absolute atomic E-state index is 5.34. The van der Waals surface area contributed by atoms with E-state index in [2.05, 4.69) is 6.92 Å². The first-order chi connectivity index (χ1) is 6.36. The van der Waals surface area contributed by atoms with E-state index in [-0.39, 0.29) is 18.9 Å². The maximum atomic E-state index is 5.34. The third kappa shape index (κ3) is 4.71. The molecule has 14 heavy (non-hydrogen) atoms. The predicted molar refractivity (Wildman–Crippen MR) is 52.6 cm³/mol. The summed E-state index contributed by atoms with van der Waals surface area (Å²) >= 11 is 0. The van der Waals surface area contributed by atoms with Crippen LogP contribution in [0.1, 0.15) is 12.0 Å². The monoisotopic (exact) mass is 186 g/mol. The normalized spacial score (nSPS) is 9.29. The molecule has 0 bridgehead atoms. The van der Waals surface area contributed by atoms with Crippen molar-refractivity contribution in [2.75, 3.05) is 13.7 Å². The third-order valence-electron chi connectivity index (χ3n) is 1.72. The Morgan fingerprint density at radius 1 is 1.21 bits per heavy atom. The molecule has 0 N–H and O–H groups in total.